The summed E-state index contributed by atoms with van der Waals surface area (Å²) in [5, 5.41) is 29.0. The van der Waals surface area contributed by atoms with Gasteiger partial charge in [0.1, 0.15) is 30.8 Å². The third-order valence-electron chi connectivity index (χ3n) is 15.5. The molecule has 528 valence electrons. The summed E-state index contributed by atoms with van der Waals surface area (Å²) in [6, 6.07) is 4.81. The number of phenolic OH excluding ortho intramolecular Hbond substituents is 2. The number of phosphoric acid groups is 2. The van der Waals surface area contributed by atoms with Crippen molar-refractivity contribution in [1.29, 1.82) is 0 Å². The Morgan fingerprint density at radius 1 is 0.380 bits per heavy atom. The van der Waals surface area contributed by atoms with Gasteiger partial charge < -0.3 is 62.1 Å². The predicted molar refractivity (Wildman–Crippen MR) is 352 cm³/mol. The second-order valence-corrected chi connectivity index (χ2v) is 27.1. The summed E-state index contributed by atoms with van der Waals surface area (Å²) in [7, 11) is -10.4. The van der Waals surface area contributed by atoms with Crippen molar-refractivity contribution in [3.8, 4) is 11.5 Å². The molecule has 3 N–H and O–H groups in total. The number of aliphatic hydroxyl groups is 1. The van der Waals surface area contributed by atoms with E-state index in [1.165, 1.54) is 128 Å². The van der Waals surface area contributed by atoms with Gasteiger partial charge in [-0.05, 0) is 50.2 Å². The number of hydrogen-bond acceptors (Lipinski definition) is 19. The van der Waals surface area contributed by atoms with Gasteiger partial charge in [-0.15, -0.1) is 0 Å². The van der Waals surface area contributed by atoms with Crippen molar-refractivity contribution in [3.63, 3.8) is 0 Å². The van der Waals surface area contributed by atoms with Crippen LogP contribution in [-0.2, 0) is 71.8 Å². The van der Waals surface area contributed by atoms with Gasteiger partial charge in [0.05, 0.1) is 26.4 Å². The van der Waals surface area contributed by atoms with Gasteiger partial charge in [0.25, 0.3) is 15.6 Å². The van der Waals surface area contributed by atoms with E-state index in [9.17, 15) is 48.3 Å². The van der Waals surface area contributed by atoms with E-state index in [-0.39, 0.29) is 96.3 Å². The van der Waals surface area contributed by atoms with Crippen LogP contribution in [0.5, 0.6) is 11.5 Å². The molecule has 19 nitrogen and oxygen atoms in total. The molecule has 0 aliphatic rings. The van der Waals surface area contributed by atoms with Crippen LogP contribution in [-0.4, -0.2) is 97.1 Å². The first-order chi connectivity index (χ1) is 43.4. The molecule has 0 spiro atoms. The Kier molecular flexibility index (Phi) is 69.3. The Labute approximate surface area is 601 Å². The van der Waals surface area contributed by atoms with Crippen LogP contribution in [0.25, 0.3) is 0 Å². The van der Waals surface area contributed by atoms with Gasteiger partial charge in [-0.1, -0.05) is 265 Å². The number of phenols is 2. The molecule has 0 fully saturated rings. The van der Waals surface area contributed by atoms with Crippen LogP contribution < -0.4 is 68.9 Å². The number of benzene rings is 1. The van der Waals surface area contributed by atoms with Crippen molar-refractivity contribution in [3.05, 3.63) is 23.8 Å². The van der Waals surface area contributed by atoms with Gasteiger partial charge in [0.15, 0.2) is 12.2 Å². The summed E-state index contributed by atoms with van der Waals surface area (Å²) in [6.45, 7) is 6.54. The van der Waals surface area contributed by atoms with Crippen molar-refractivity contribution < 1.29 is 150 Å². The number of unbranched alkanes of at least 4 members (excludes halogenated alkanes) is 35. The Morgan fingerprint density at radius 2 is 0.641 bits per heavy atom. The Morgan fingerprint density at radius 3 is 0.935 bits per heavy atom. The molecule has 0 radical (unpaired) electrons. The quantitative estimate of drug-likeness (QED) is 0.0180. The standard InChI is InChI=1S/C57H110O17P2.C12H18O2.2Na/c1-5-9-13-17-21-25-29-33-37-41-54(59)67-47-52(73-56(61)43-39-35-31-27-23-19-15-11-7-3)49-71-75(63,64)69-45-51(58)46-70-76(65,66)72-50-53(74-57(62)44-40-36-32-28-24-20-16-12-8-4)48-68-55(60)42-38-34-30-26-22-18-14-10-6-2;1-2-3-4-5-6-10-7-8-11(13)9-12(10)14;;/h51-53,58H,5-50H2,1-4H3,(H,63,64)(H,65,66);7-9,13-14H,2-6H2,1H3;;/q;;2*+1/p-2. The fraction of sp³-hybridized carbons (Fsp3) is 0.855. The van der Waals surface area contributed by atoms with Gasteiger partial charge in [-0.2, -0.15) is 0 Å². The first-order valence-corrected chi connectivity index (χ1v) is 38.4. The monoisotopic (exact) mass is 1370 g/mol. The number of aromatic hydroxyl groups is 2. The van der Waals surface area contributed by atoms with E-state index >= 15 is 0 Å². The van der Waals surface area contributed by atoms with Crippen LogP contribution >= 0.6 is 15.6 Å². The van der Waals surface area contributed by atoms with Gasteiger partial charge >= 0.3 is 83.0 Å². The van der Waals surface area contributed by atoms with Gasteiger partial charge in [-0.25, -0.2) is 0 Å². The molecule has 0 bridgehead atoms. The molecule has 0 aromatic heterocycles. The molecule has 4 unspecified atom stereocenters. The number of esters is 4. The predicted octanol–water partition coefficient (Wildman–Crippen LogP) is 11.2. The van der Waals surface area contributed by atoms with Crippen LogP contribution in [0.15, 0.2) is 18.2 Å². The fourth-order valence-electron chi connectivity index (χ4n) is 9.89. The van der Waals surface area contributed by atoms with Crippen LogP contribution in [0.3, 0.4) is 0 Å². The second-order valence-electron chi connectivity index (χ2n) is 24.3. The molecule has 92 heavy (non-hydrogen) atoms. The molecular weight excluding hydrogens is 1240 g/mol. The van der Waals surface area contributed by atoms with E-state index in [2.05, 4.69) is 34.6 Å². The van der Waals surface area contributed by atoms with Crippen molar-refractivity contribution in [2.24, 2.45) is 0 Å². The van der Waals surface area contributed by atoms with E-state index in [1.54, 1.807) is 12.1 Å². The molecule has 23 heteroatoms. The minimum absolute atomic E-state index is 0. The van der Waals surface area contributed by atoms with Gasteiger partial charge in [-0.3, -0.25) is 28.3 Å². The molecule has 0 heterocycles. The van der Waals surface area contributed by atoms with E-state index in [1.807, 2.05) is 0 Å². The molecule has 0 aliphatic carbocycles. The van der Waals surface area contributed by atoms with Crippen LogP contribution in [0.1, 0.15) is 323 Å². The maximum absolute atomic E-state index is 12.8. The minimum atomic E-state index is -5.20. The number of aliphatic hydroxyl groups excluding tert-OH is 1. The largest absolute Gasteiger partial charge is 1.00 e. The number of hydrogen-bond donors (Lipinski definition) is 3. The number of carbonyl (C=O) groups excluding carboxylic acids is 4. The molecule has 4 atom stereocenters. The molecule has 1 rings (SSSR count). The molecule has 0 amide bonds. The van der Waals surface area contributed by atoms with Crippen molar-refractivity contribution >= 4 is 39.5 Å². The summed E-state index contributed by atoms with van der Waals surface area (Å²) < 4.78 is 66.7. The maximum Gasteiger partial charge on any atom is 1.00 e. The summed E-state index contributed by atoms with van der Waals surface area (Å²) in [5.41, 5.74) is 0.930. The fourth-order valence-corrected chi connectivity index (χ4v) is 11.4. The maximum atomic E-state index is 12.8. The van der Waals surface area contributed by atoms with E-state index < -0.39 is 97.5 Å². The number of aryl methyl sites for hydroxylation is 1. The third kappa shape index (κ3) is 63.6. The van der Waals surface area contributed by atoms with E-state index in [0.29, 0.717) is 25.7 Å². The smallest absolute Gasteiger partial charge is 0.756 e. The third-order valence-corrected chi connectivity index (χ3v) is 17.3. The molecule has 0 aliphatic heterocycles. The second kappa shape index (κ2) is 67.1. The van der Waals surface area contributed by atoms with Gasteiger partial charge in [0.2, 0.25) is 0 Å². The number of phosphoric ester groups is 2. The minimum Gasteiger partial charge on any atom is -0.756 e. The van der Waals surface area contributed by atoms with Gasteiger partial charge in [0, 0.05) is 31.7 Å². The zero-order chi connectivity index (χ0) is 66.6. The Hall–Kier alpha value is -1.12. The number of ether oxygens (including phenoxy) is 4. The molecule has 0 saturated carbocycles. The zero-order valence-electron chi connectivity index (χ0n) is 58.8. The summed E-state index contributed by atoms with van der Waals surface area (Å²) in [4.78, 5) is 76.2. The molecular formula is C69H126Na2O19P2. The average molecular weight is 1370 g/mol. The summed E-state index contributed by atoms with van der Waals surface area (Å²) >= 11 is 0. The molecule has 1 aromatic rings. The summed E-state index contributed by atoms with van der Waals surface area (Å²) in [6.07, 6.45) is 39.9. The number of carbonyl (C=O) groups is 4. The SMILES string of the molecule is CCCCCCCCCCCC(=O)OCC(COP(=O)([O-])OCC(O)COP(=O)([O-])OCC(COC(=O)CCCCCCCCCCC)OC(=O)CCCCCCCCCCC)OC(=O)CCCCCCCCCCC.CCCCCCc1ccc(O)cc1O.[Na+].[Na+]. The van der Waals surface area contributed by atoms with Crippen molar-refractivity contribution in [1.82, 2.24) is 0 Å². The molecule has 1 aromatic carbocycles. The van der Waals surface area contributed by atoms with Crippen LogP contribution in [0, 0.1) is 0 Å². The normalized spacial score (nSPS) is 13.4. The Balaban J connectivity index is -0.00000433. The topological polar surface area (TPSA) is 283 Å². The van der Waals surface area contributed by atoms with E-state index in [0.717, 1.165) is 121 Å². The average Bonchev–Trinajstić information content (AvgIpc) is 1.27. The van der Waals surface area contributed by atoms with E-state index in [4.69, 9.17) is 42.1 Å². The Bertz CT molecular complexity index is 1880. The first kappa shape index (κ1) is 95.1. The van der Waals surface area contributed by atoms with Crippen molar-refractivity contribution in [2.75, 3.05) is 39.6 Å². The molecule has 0 saturated heterocycles. The van der Waals surface area contributed by atoms with Crippen LogP contribution in [0.2, 0.25) is 0 Å². The zero-order valence-corrected chi connectivity index (χ0v) is 64.6. The summed E-state index contributed by atoms with van der Waals surface area (Å²) in [5.74, 6) is -1.91. The van der Waals surface area contributed by atoms with Crippen molar-refractivity contribution in [2.45, 2.75) is 342 Å². The number of rotatable bonds is 63. The first-order valence-electron chi connectivity index (χ1n) is 35.5. The van der Waals surface area contributed by atoms with Crippen LogP contribution in [0.4, 0.5) is 0 Å².